The Balaban J connectivity index is 2.56. The maximum Gasteiger partial charge on any atom is 0.341 e. The molecule has 4 N–H and O–H groups in total. The summed E-state index contributed by atoms with van der Waals surface area (Å²) in [5.74, 6) is -3.92. The zero-order chi connectivity index (χ0) is 18.1. The molecule has 0 radical (unpaired) electrons. The van der Waals surface area contributed by atoms with Gasteiger partial charge in [0.25, 0.3) is 0 Å². The number of rotatable bonds is 4. The normalized spacial score (nSPS) is 19.5. The number of phenols is 2. The Morgan fingerprint density at radius 1 is 1.29 bits per heavy atom. The minimum Gasteiger partial charge on any atom is -0.504 e. The number of fused-ring (bicyclic) bond motifs is 1. The fraction of sp³-hybridized carbons (Fsp3) is 0.188. The van der Waals surface area contributed by atoms with E-state index in [0.717, 1.165) is 12.1 Å². The van der Waals surface area contributed by atoms with Gasteiger partial charge in [-0.05, 0) is 13.8 Å². The monoisotopic (exact) mass is 333 g/mol. The standard InChI is InChI=1S/C16H15NO7/c1-3-4-8-13-10(7-9(18)14(8)22)24-15(23)16(13,2)17-11(19)5-6-12(20)21/h3-7,18,22H,1-2H3,(H,17,19)(H,20,21)/b4-3+,6-5+/t16-/m0/s1. The van der Waals surface area contributed by atoms with E-state index >= 15 is 0 Å². The first kappa shape index (κ1) is 17.1. The van der Waals surface area contributed by atoms with Crippen molar-refractivity contribution in [3.05, 3.63) is 35.4 Å². The molecular formula is C16H15NO7. The molecule has 24 heavy (non-hydrogen) atoms. The molecule has 1 aliphatic heterocycles. The molecule has 1 atom stereocenters. The predicted molar refractivity (Wildman–Crippen MR) is 82.4 cm³/mol. The molecule has 0 saturated carbocycles. The quantitative estimate of drug-likeness (QED) is 0.280. The molecule has 1 aromatic rings. The van der Waals surface area contributed by atoms with Gasteiger partial charge in [-0.3, -0.25) is 4.79 Å². The Kier molecular flexibility index (Phi) is 4.32. The van der Waals surface area contributed by atoms with Crippen molar-refractivity contribution in [3.8, 4) is 17.2 Å². The topological polar surface area (TPSA) is 133 Å². The maximum atomic E-state index is 12.2. The smallest absolute Gasteiger partial charge is 0.341 e. The zero-order valence-corrected chi connectivity index (χ0v) is 12.9. The Morgan fingerprint density at radius 3 is 2.54 bits per heavy atom. The van der Waals surface area contributed by atoms with Crippen LogP contribution in [0, 0.1) is 0 Å². The summed E-state index contributed by atoms with van der Waals surface area (Å²) >= 11 is 0. The van der Waals surface area contributed by atoms with Crippen LogP contribution in [0.15, 0.2) is 24.3 Å². The molecule has 0 unspecified atom stereocenters. The number of carboxylic acids is 1. The van der Waals surface area contributed by atoms with E-state index in [0.29, 0.717) is 6.08 Å². The number of aliphatic carboxylic acids is 1. The number of nitrogens with one attached hydrogen (secondary N) is 1. The minimum absolute atomic E-state index is 0.00610. The van der Waals surface area contributed by atoms with Crippen molar-refractivity contribution in [3.63, 3.8) is 0 Å². The van der Waals surface area contributed by atoms with Crippen molar-refractivity contribution in [1.82, 2.24) is 5.32 Å². The summed E-state index contributed by atoms with van der Waals surface area (Å²) in [6.45, 7) is 3.02. The van der Waals surface area contributed by atoms with E-state index in [1.807, 2.05) is 0 Å². The predicted octanol–water partition coefficient (Wildman–Crippen LogP) is 1.02. The summed E-state index contributed by atoms with van der Waals surface area (Å²) in [5.41, 5.74) is -1.38. The first-order chi connectivity index (χ1) is 11.2. The lowest BCUT2D eigenvalue weighted by atomic mass is 9.88. The number of benzene rings is 1. The highest BCUT2D eigenvalue weighted by Crippen LogP contribution is 2.47. The number of carbonyl (C=O) groups is 3. The van der Waals surface area contributed by atoms with E-state index in [1.165, 1.54) is 13.0 Å². The lowest BCUT2D eigenvalue weighted by molar-refractivity contribution is -0.141. The van der Waals surface area contributed by atoms with Crippen molar-refractivity contribution in [1.29, 1.82) is 0 Å². The second-order valence-corrected chi connectivity index (χ2v) is 5.21. The summed E-state index contributed by atoms with van der Waals surface area (Å²) < 4.78 is 5.07. The molecule has 2 rings (SSSR count). The van der Waals surface area contributed by atoms with E-state index in [1.54, 1.807) is 13.0 Å². The van der Waals surface area contributed by atoms with E-state index in [4.69, 9.17) is 9.84 Å². The van der Waals surface area contributed by atoms with Gasteiger partial charge in [0.15, 0.2) is 17.0 Å². The van der Waals surface area contributed by atoms with Crippen LogP contribution in [0.2, 0.25) is 0 Å². The molecular weight excluding hydrogens is 318 g/mol. The Morgan fingerprint density at radius 2 is 1.96 bits per heavy atom. The highest BCUT2D eigenvalue weighted by Gasteiger charge is 2.48. The van der Waals surface area contributed by atoms with Crippen LogP contribution in [0.3, 0.4) is 0 Å². The van der Waals surface area contributed by atoms with Gasteiger partial charge in [-0.25, -0.2) is 9.59 Å². The molecule has 0 aromatic heterocycles. The molecule has 0 fully saturated rings. The Labute approximate surface area is 136 Å². The molecule has 0 aliphatic carbocycles. The van der Waals surface area contributed by atoms with Crippen LogP contribution >= 0.6 is 0 Å². The van der Waals surface area contributed by atoms with Gasteiger partial charge in [-0.2, -0.15) is 0 Å². The third-order valence-corrected chi connectivity index (χ3v) is 3.48. The number of carbonyl (C=O) groups excluding carboxylic acids is 2. The number of ether oxygens (including phenoxy) is 1. The number of esters is 1. The molecule has 1 aromatic carbocycles. The van der Waals surface area contributed by atoms with Crippen molar-refractivity contribution in [2.75, 3.05) is 0 Å². The van der Waals surface area contributed by atoms with Crippen LogP contribution in [0.4, 0.5) is 0 Å². The largest absolute Gasteiger partial charge is 0.504 e. The summed E-state index contributed by atoms with van der Waals surface area (Å²) in [4.78, 5) is 34.6. The molecule has 0 spiro atoms. The van der Waals surface area contributed by atoms with Crippen LogP contribution in [0.1, 0.15) is 25.0 Å². The molecule has 1 aliphatic rings. The maximum absolute atomic E-state index is 12.2. The van der Waals surface area contributed by atoms with Gasteiger partial charge in [-0.15, -0.1) is 0 Å². The Bertz CT molecular complexity index is 794. The summed E-state index contributed by atoms with van der Waals surface area (Å²) in [6, 6.07) is 1.07. The average Bonchev–Trinajstić information content (AvgIpc) is 2.72. The zero-order valence-electron chi connectivity index (χ0n) is 12.9. The molecule has 1 heterocycles. The van der Waals surface area contributed by atoms with Gasteiger partial charge in [0.05, 0.1) is 0 Å². The lowest BCUT2D eigenvalue weighted by Gasteiger charge is -2.23. The molecule has 126 valence electrons. The van der Waals surface area contributed by atoms with E-state index in [9.17, 15) is 24.6 Å². The van der Waals surface area contributed by atoms with Gasteiger partial charge in [-0.1, -0.05) is 12.2 Å². The van der Waals surface area contributed by atoms with Crippen molar-refractivity contribution >= 4 is 23.9 Å². The number of allylic oxidation sites excluding steroid dienone is 1. The molecule has 8 nitrogen and oxygen atoms in total. The van der Waals surface area contributed by atoms with E-state index in [-0.39, 0.29) is 16.9 Å². The third kappa shape index (κ3) is 2.81. The summed E-state index contributed by atoms with van der Waals surface area (Å²) in [5, 5.41) is 30.7. The number of hydrogen-bond donors (Lipinski definition) is 4. The minimum atomic E-state index is -1.66. The fourth-order valence-corrected chi connectivity index (χ4v) is 2.43. The van der Waals surface area contributed by atoms with Crippen LogP contribution in [0.5, 0.6) is 17.2 Å². The van der Waals surface area contributed by atoms with Gasteiger partial charge < -0.3 is 25.4 Å². The SMILES string of the molecule is C/C=C/c1c(O)c(O)cc2c1[C@](C)(NC(=O)/C=C/C(=O)O)C(=O)O2. The summed E-state index contributed by atoms with van der Waals surface area (Å²) in [7, 11) is 0. The summed E-state index contributed by atoms with van der Waals surface area (Å²) in [6.07, 6.45) is 4.41. The van der Waals surface area contributed by atoms with Crippen molar-refractivity contribution in [2.45, 2.75) is 19.4 Å². The highest BCUT2D eigenvalue weighted by molar-refractivity contribution is 6.00. The number of phenolic OH excluding ortho intramolecular Hbond substituents is 2. The first-order valence-electron chi connectivity index (χ1n) is 6.88. The fourth-order valence-electron chi connectivity index (χ4n) is 2.43. The third-order valence-electron chi connectivity index (χ3n) is 3.48. The lowest BCUT2D eigenvalue weighted by Crippen LogP contribution is -2.47. The average molecular weight is 333 g/mol. The van der Waals surface area contributed by atoms with Crippen LogP contribution in [-0.4, -0.2) is 33.2 Å². The van der Waals surface area contributed by atoms with Gasteiger partial charge in [0, 0.05) is 29.3 Å². The second-order valence-electron chi connectivity index (χ2n) is 5.21. The molecule has 8 heteroatoms. The van der Waals surface area contributed by atoms with Crippen LogP contribution in [0.25, 0.3) is 6.08 Å². The van der Waals surface area contributed by atoms with Gasteiger partial charge in [0.1, 0.15) is 5.75 Å². The Hall–Kier alpha value is -3.29. The van der Waals surface area contributed by atoms with E-state index in [2.05, 4.69) is 5.32 Å². The first-order valence-corrected chi connectivity index (χ1v) is 6.88. The highest BCUT2D eigenvalue weighted by atomic mass is 16.5. The molecule has 0 saturated heterocycles. The number of hydrogen-bond acceptors (Lipinski definition) is 6. The van der Waals surface area contributed by atoms with Crippen molar-refractivity contribution in [2.24, 2.45) is 0 Å². The van der Waals surface area contributed by atoms with Crippen LogP contribution in [-0.2, 0) is 19.9 Å². The molecule has 1 amide bonds. The number of aromatic hydroxyl groups is 2. The van der Waals surface area contributed by atoms with E-state index < -0.39 is 34.9 Å². The number of carboxylic acid groups (broad SMARTS) is 1. The van der Waals surface area contributed by atoms with Crippen LogP contribution < -0.4 is 10.1 Å². The number of amides is 1. The second kappa shape index (κ2) is 6.07. The molecule has 0 bridgehead atoms. The van der Waals surface area contributed by atoms with Gasteiger partial charge in [0.2, 0.25) is 5.91 Å². The van der Waals surface area contributed by atoms with Gasteiger partial charge >= 0.3 is 11.9 Å². The van der Waals surface area contributed by atoms with Crippen molar-refractivity contribution < 1.29 is 34.4 Å².